The molecule has 2 amide bonds. The average molecular weight is 385 g/mol. The molecule has 0 N–H and O–H groups in total. The van der Waals surface area contributed by atoms with Crippen molar-refractivity contribution in [2.75, 3.05) is 37.6 Å². The maximum absolute atomic E-state index is 13.2. The SMILES string of the molecule is O=C(C1CCCCN1C(=O)c1cccs1)N1CCN(c2ccccn2)CC1. The summed E-state index contributed by atoms with van der Waals surface area (Å²) in [5.74, 6) is 1.05. The second-order valence-electron chi connectivity index (χ2n) is 6.99. The van der Waals surface area contributed by atoms with Crippen molar-refractivity contribution in [2.45, 2.75) is 25.3 Å². The normalized spacial score (nSPS) is 20.6. The molecule has 2 aromatic heterocycles. The van der Waals surface area contributed by atoms with Crippen LogP contribution in [0.4, 0.5) is 5.82 Å². The van der Waals surface area contributed by atoms with Crippen LogP contribution in [0, 0.1) is 0 Å². The molecule has 142 valence electrons. The van der Waals surface area contributed by atoms with Crippen LogP contribution in [-0.4, -0.2) is 65.4 Å². The van der Waals surface area contributed by atoms with Crippen LogP contribution in [0.2, 0.25) is 0 Å². The summed E-state index contributed by atoms with van der Waals surface area (Å²) < 4.78 is 0. The van der Waals surface area contributed by atoms with Crippen molar-refractivity contribution in [3.63, 3.8) is 0 Å². The number of nitrogens with zero attached hydrogens (tertiary/aromatic N) is 4. The molecule has 2 aliphatic rings. The average Bonchev–Trinajstić information content (AvgIpc) is 3.28. The molecule has 2 saturated heterocycles. The van der Waals surface area contributed by atoms with E-state index in [0.717, 1.165) is 43.0 Å². The predicted octanol–water partition coefficient (Wildman–Crippen LogP) is 2.49. The first-order valence-corrected chi connectivity index (χ1v) is 10.4. The van der Waals surface area contributed by atoms with Gasteiger partial charge in [0.15, 0.2) is 0 Å². The molecule has 6 nitrogen and oxygen atoms in total. The molecule has 4 heterocycles. The first kappa shape index (κ1) is 18.0. The molecule has 1 atom stereocenters. The van der Waals surface area contributed by atoms with Crippen LogP contribution in [0.15, 0.2) is 41.9 Å². The Labute approximate surface area is 163 Å². The molecule has 0 radical (unpaired) electrons. The molecule has 7 heteroatoms. The number of likely N-dealkylation sites (tertiary alicyclic amines) is 1. The van der Waals surface area contributed by atoms with Crippen molar-refractivity contribution >= 4 is 29.0 Å². The number of piperidine rings is 1. The number of carbonyl (C=O) groups is 2. The fourth-order valence-corrected chi connectivity index (χ4v) is 4.56. The molecule has 1 unspecified atom stereocenters. The summed E-state index contributed by atoms with van der Waals surface area (Å²) in [6.45, 7) is 3.56. The highest BCUT2D eigenvalue weighted by Crippen LogP contribution is 2.24. The summed E-state index contributed by atoms with van der Waals surface area (Å²) in [4.78, 5) is 37.1. The molecule has 2 aromatic rings. The van der Waals surface area contributed by atoms with Gasteiger partial charge in [0, 0.05) is 38.9 Å². The summed E-state index contributed by atoms with van der Waals surface area (Å²) in [7, 11) is 0. The first-order chi connectivity index (χ1) is 13.2. The van der Waals surface area contributed by atoms with Crippen LogP contribution in [0.1, 0.15) is 28.9 Å². The molecule has 0 saturated carbocycles. The smallest absolute Gasteiger partial charge is 0.264 e. The minimum Gasteiger partial charge on any atom is -0.353 e. The fourth-order valence-electron chi connectivity index (χ4n) is 3.88. The van der Waals surface area contributed by atoms with Gasteiger partial charge in [-0.2, -0.15) is 0 Å². The number of rotatable bonds is 3. The number of hydrogen-bond donors (Lipinski definition) is 0. The van der Waals surface area contributed by atoms with Crippen molar-refractivity contribution in [2.24, 2.45) is 0 Å². The summed E-state index contributed by atoms with van der Waals surface area (Å²) in [5, 5.41) is 1.91. The quantitative estimate of drug-likeness (QED) is 0.816. The van der Waals surface area contributed by atoms with Gasteiger partial charge in [0.1, 0.15) is 11.9 Å². The van der Waals surface area contributed by atoms with Gasteiger partial charge >= 0.3 is 0 Å². The first-order valence-electron chi connectivity index (χ1n) is 9.53. The third-order valence-corrected chi connectivity index (χ3v) is 6.20. The Bertz CT molecular complexity index is 773. The van der Waals surface area contributed by atoms with E-state index in [-0.39, 0.29) is 17.9 Å². The Morgan fingerprint density at radius 2 is 1.85 bits per heavy atom. The summed E-state index contributed by atoms with van der Waals surface area (Å²) in [6, 6.07) is 9.29. The topological polar surface area (TPSA) is 56.8 Å². The molecule has 27 heavy (non-hydrogen) atoms. The second-order valence-corrected chi connectivity index (χ2v) is 7.94. The standard InChI is InChI=1S/C20H24N4O2S/c25-19(23-13-11-22(12-14-23)18-8-1-3-9-21-18)16-6-2-4-10-24(16)20(26)17-7-5-15-27-17/h1,3,5,7-9,15-16H,2,4,6,10-14H2. The van der Waals surface area contributed by atoms with Crippen LogP contribution in [0.25, 0.3) is 0 Å². The third-order valence-electron chi connectivity index (χ3n) is 5.35. The van der Waals surface area contributed by atoms with E-state index >= 15 is 0 Å². The Morgan fingerprint density at radius 3 is 2.56 bits per heavy atom. The predicted molar refractivity (Wildman–Crippen MR) is 106 cm³/mol. The number of anilines is 1. The van der Waals surface area contributed by atoms with E-state index in [0.29, 0.717) is 19.6 Å². The Morgan fingerprint density at radius 1 is 1.00 bits per heavy atom. The number of thiophene rings is 1. The molecule has 2 fully saturated rings. The van der Waals surface area contributed by atoms with Gasteiger partial charge in [-0.25, -0.2) is 4.98 Å². The summed E-state index contributed by atoms with van der Waals surface area (Å²) in [6.07, 6.45) is 4.52. The van der Waals surface area contributed by atoms with Gasteiger partial charge in [-0.1, -0.05) is 12.1 Å². The monoisotopic (exact) mass is 384 g/mol. The lowest BCUT2D eigenvalue weighted by Crippen LogP contribution is -2.57. The Kier molecular flexibility index (Phi) is 5.38. The van der Waals surface area contributed by atoms with Gasteiger partial charge < -0.3 is 14.7 Å². The molecular formula is C20H24N4O2S. The highest BCUT2D eigenvalue weighted by molar-refractivity contribution is 7.12. The molecule has 0 aromatic carbocycles. The highest BCUT2D eigenvalue weighted by Gasteiger charge is 2.36. The van der Waals surface area contributed by atoms with Crippen LogP contribution in [0.5, 0.6) is 0 Å². The number of piperazine rings is 1. The maximum atomic E-state index is 13.2. The van der Waals surface area contributed by atoms with Crippen LogP contribution >= 0.6 is 11.3 Å². The molecule has 0 spiro atoms. The van der Waals surface area contributed by atoms with Crippen molar-refractivity contribution in [3.8, 4) is 0 Å². The van der Waals surface area contributed by atoms with Gasteiger partial charge in [-0.3, -0.25) is 9.59 Å². The van der Waals surface area contributed by atoms with E-state index in [4.69, 9.17) is 0 Å². The van der Waals surface area contributed by atoms with E-state index in [2.05, 4.69) is 9.88 Å². The largest absolute Gasteiger partial charge is 0.353 e. The zero-order valence-corrected chi connectivity index (χ0v) is 16.1. The molecule has 2 aliphatic heterocycles. The van der Waals surface area contributed by atoms with E-state index in [9.17, 15) is 9.59 Å². The number of pyridine rings is 1. The fraction of sp³-hybridized carbons (Fsp3) is 0.450. The number of aromatic nitrogens is 1. The van der Waals surface area contributed by atoms with Gasteiger partial charge in [-0.15, -0.1) is 11.3 Å². The van der Waals surface area contributed by atoms with Crippen LogP contribution < -0.4 is 4.90 Å². The van der Waals surface area contributed by atoms with Crippen LogP contribution in [-0.2, 0) is 4.79 Å². The Hall–Kier alpha value is -2.41. The minimum absolute atomic E-state index is 0.00447. The van der Waals surface area contributed by atoms with E-state index in [1.54, 1.807) is 11.1 Å². The molecule has 4 rings (SSSR count). The zero-order valence-electron chi connectivity index (χ0n) is 15.3. The lowest BCUT2D eigenvalue weighted by Gasteiger charge is -2.41. The van der Waals surface area contributed by atoms with E-state index in [1.165, 1.54) is 11.3 Å². The van der Waals surface area contributed by atoms with Crippen molar-refractivity contribution in [3.05, 3.63) is 46.8 Å². The lowest BCUT2D eigenvalue weighted by atomic mass is 10.00. The van der Waals surface area contributed by atoms with Gasteiger partial charge in [0.2, 0.25) is 5.91 Å². The van der Waals surface area contributed by atoms with Crippen LogP contribution in [0.3, 0.4) is 0 Å². The highest BCUT2D eigenvalue weighted by atomic mass is 32.1. The van der Waals surface area contributed by atoms with Gasteiger partial charge in [0.05, 0.1) is 4.88 Å². The summed E-state index contributed by atoms with van der Waals surface area (Å²) >= 11 is 1.44. The number of hydrogen-bond acceptors (Lipinski definition) is 5. The summed E-state index contributed by atoms with van der Waals surface area (Å²) in [5.41, 5.74) is 0. The van der Waals surface area contributed by atoms with E-state index in [1.807, 2.05) is 40.6 Å². The van der Waals surface area contributed by atoms with Crippen molar-refractivity contribution in [1.29, 1.82) is 0 Å². The Balaban J connectivity index is 1.41. The van der Waals surface area contributed by atoms with Gasteiger partial charge in [-0.05, 0) is 42.8 Å². The maximum Gasteiger partial charge on any atom is 0.264 e. The number of amides is 2. The minimum atomic E-state index is -0.324. The van der Waals surface area contributed by atoms with E-state index < -0.39 is 0 Å². The molecule has 0 bridgehead atoms. The van der Waals surface area contributed by atoms with Gasteiger partial charge in [0.25, 0.3) is 5.91 Å². The zero-order chi connectivity index (χ0) is 18.6. The third kappa shape index (κ3) is 3.83. The number of carbonyl (C=O) groups excluding carboxylic acids is 2. The second kappa shape index (κ2) is 8.08. The molecule has 0 aliphatic carbocycles. The molecular weight excluding hydrogens is 360 g/mol. The lowest BCUT2D eigenvalue weighted by molar-refractivity contribution is -0.137. The van der Waals surface area contributed by atoms with Crippen molar-refractivity contribution < 1.29 is 9.59 Å². The van der Waals surface area contributed by atoms with Crippen molar-refractivity contribution in [1.82, 2.24) is 14.8 Å².